The zero-order chi connectivity index (χ0) is 14.5. The lowest BCUT2D eigenvalue weighted by molar-refractivity contribution is 0.280. The van der Waals surface area contributed by atoms with Crippen LogP contribution < -0.4 is 9.47 Å². The molecule has 0 radical (unpaired) electrons. The summed E-state index contributed by atoms with van der Waals surface area (Å²) in [5.74, 6) is 2.49. The number of imidazole rings is 1. The number of thiophene rings is 1. The van der Waals surface area contributed by atoms with Crippen molar-refractivity contribution in [2.45, 2.75) is 6.54 Å². The summed E-state index contributed by atoms with van der Waals surface area (Å²) in [6.45, 7) is 1.31. The van der Waals surface area contributed by atoms with Crippen LogP contribution in [-0.4, -0.2) is 23.3 Å². The Labute approximate surface area is 127 Å². The third-order valence-corrected chi connectivity index (χ3v) is 3.98. The molecule has 0 aliphatic rings. The second kappa shape index (κ2) is 6.45. The number of benzene rings is 1. The van der Waals surface area contributed by atoms with Crippen molar-refractivity contribution in [3.8, 4) is 22.2 Å². The molecule has 0 amide bonds. The minimum absolute atomic E-state index is 0.565. The summed E-state index contributed by atoms with van der Waals surface area (Å²) in [5.41, 5.74) is 0. The predicted octanol–water partition coefficient (Wildman–Crippen LogP) is 3.70. The van der Waals surface area contributed by atoms with Gasteiger partial charge in [-0.15, -0.1) is 11.3 Å². The lowest BCUT2D eigenvalue weighted by atomic mass is 10.3. The van der Waals surface area contributed by atoms with Gasteiger partial charge in [-0.25, -0.2) is 4.98 Å². The molecule has 0 aliphatic heterocycles. The van der Waals surface area contributed by atoms with Crippen LogP contribution in [0.25, 0.3) is 10.7 Å². The Hall–Kier alpha value is -2.27. The zero-order valence-electron chi connectivity index (χ0n) is 11.7. The number of para-hydroxylation sites is 2. The Morgan fingerprint density at radius 1 is 1.14 bits per heavy atom. The molecule has 2 aromatic heterocycles. The van der Waals surface area contributed by atoms with Crippen molar-refractivity contribution in [3.05, 3.63) is 54.2 Å². The van der Waals surface area contributed by atoms with Crippen LogP contribution in [0.4, 0.5) is 0 Å². The molecule has 0 unspecified atom stereocenters. The lowest BCUT2D eigenvalue weighted by Gasteiger charge is -2.11. The first-order chi connectivity index (χ1) is 10.4. The number of nitrogens with zero attached hydrogens (tertiary/aromatic N) is 2. The van der Waals surface area contributed by atoms with Gasteiger partial charge in [-0.3, -0.25) is 0 Å². The largest absolute Gasteiger partial charge is 0.493 e. The molecular weight excluding hydrogens is 284 g/mol. The highest BCUT2D eigenvalue weighted by atomic mass is 32.1. The molecule has 0 N–H and O–H groups in total. The molecule has 3 rings (SSSR count). The molecule has 0 fully saturated rings. The van der Waals surface area contributed by atoms with Gasteiger partial charge in [0.25, 0.3) is 0 Å². The van der Waals surface area contributed by atoms with Crippen LogP contribution in [0.1, 0.15) is 0 Å². The molecule has 3 aromatic rings. The van der Waals surface area contributed by atoms with Crippen LogP contribution in [0.2, 0.25) is 0 Å². The van der Waals surface area contributed by atoms with E-state index in [1.54, 1.807) is 18.4 Å². The van der Waals surface area contributed by atoms with E-state index >= 15 is 0 Å². The van der Waals surface area contributed by atoms with Crippen molar-refractivity contribution in [1.29, 1.82) is 0 Å². The maximum Gasteiger partial charge on any atom is 0.161 e. The topological polar surface area (TPSA) is 36.3 Å². The van der Waals surface area contributed by atoms with E-state index in [-0.39, 0.29) is 0 Å². The average molecular weight is 300 g/mol. The Kier molecular flexibility index (Phi) is 4.21. The fourth-order valence-electron chi connectivity index (χ4n) is 2.11. The number of methoxy groups -OCH3 is 1. The van der Waals surface area contributed by atoms with E-state index < -0.39 is 0 Å². The van der Waals surface area contributed by atoms with E-state index in [0.29, 0.717) is 6.61 Å². The zero-order valence-corrected chi connectivity index (χ0v) is 12.5. The van der Waals surface area contributed by atoms with Gasteiger partial charge < -0.3 is 14.0 Å². The standard InChI is InChI=1S/C16H16N2O2S/c1-19-13-5-2-3-6-14(13)20-11-10-18-9-8-17-16(18)15-7-4-12-21-15/h2-9,12H,10-11H2,1H3. The van der Waals surface area contributed by atoms with E-state index in [0.717, 1.165) is 28.7 Å². The third kappa shape index (κ3) is 3.08. The first-order valence-electron chi connectivity index (χ1n) is 6.69. The predicted molar refractivity (Wildman–Crippen MR) is 84.0 cm³/mol. The quantitative estimate of drug-likeness (QED) is 0.696. The molecule has 0 saturated heterocycles. The van der Waals surface area contributed by atoms with Crippen LogP contribution in [0.5, 0.6) is 11.5 Å². The molecule has 0 bridgehead atoms. The number of hydrogen-bond acceptors (Lipinski definition) is 4. The molecule has 0 atom stereocenters. The van der Waals surface area contributed by atoms with Crippen molar-refractivity contribution in [2.75, 3.05) is 13.7 Å². The normalized spacial score (nSPS) is 10.5. The van der Waals surface area contributed by atoms with Gasteiger partial charge in [0, 0.05) is 12.4 Å². The Morgan fingerprint density at radius 2 is 2.00 bits per heavy atom. The molecular formula is C16H16N2O2S. The van der Waals surface area contributed by atoms with E-state index in [4.69, 9.17) is 9.47 Å². The molecule has 1 aromatic carbocycles. The highest BCUT2D eigenvalue weighted by Gasteiger charge is 2.07. The summed E-state index contributed by atoms with van der Waals surface area (Å²) in [4.78, 5) is 5.58. The van der Waals surface area contributed by atoms with Crippen LogP contribution in [-0.2, 0) is 6.54 Å². The molecule has 4 nitrogen and oxygen atoms in total. The highest BCUT2D eigenvalue weighted by Crippen LogP contribution is 2.26. The Bertz CT molecular complexity index is 692. The monoisotopic (exact) mass is 300 g/mol. The van der Waals surface area contributed by atoms with E-state index in [1.807, 2.05) is 42.7 Å². The minimum Gasteiger partial charge on any atom is -0.493 e. The van der Waals surface area contributed by atoms with Gasteiger partial charge in [0.15, 0.2) is 11.5 Å². The van der Waals surface area contributed by atoms with Crippen LogP contribution in [0.3, 0.4) is 0 Å². The summed E-state index contributed by atoms with van der Waals surface area (Å²) >= 11 is 1.69. The van der Waals surface area contributed by atoms with Gasteiger partial charge in [0.1, 0.15) is 12.4 Å². The number of ether oxygens (including phenoxy) is 2. The van der Waals surface area contributed by atoms with E-state index in [9.17, 15) is 0 Å². The highest BCUT2D eigenvalue weighted by molar-refractivity contribution is 7.13. The van der Waals surface area contributed by atoms with Gasteiger partial charge in [0.2, 0.25) is 0 Å². The van der Waals surface area contributed by atoms with Crippen molar-refractivity contribution >= 4 is 11.3 Å². The second-order valence-corrected chi connectivity index (χ2v) is 5.37. The van der Waals surface area contributed by atoms with E-state index in [2.05, 4.69) is 21.0 Å². The smallest absolute Gasteiger partial charge is 0.161 e. The average Bonchev–Trinajstić information content (AvgIpc) is 3.18. The third-order valence-electron chi connectivity index (χ3n) is 3.12. The fraction of sp³-hybridized carbons (Fsp3) is 0.188. The summed E-state index contributed by atoms with van der Waals surface area (Å²) in [6, 6.07) is 11.8. The van der Waals surface area contributed by atoms with Crippen molar-refractivity contribution in [3.63, 3.8) is 0 Å². The van der Waals surface area contributed by atoms with Crippen molar-refractivity contribution in [2.24, 2.45) is 0 Å². The van der Waals surface area contributed by atoms with Crippen molar-refractivity contribution in [1.82, 2.24) is 9.55 Å². The van der Waals surface area contributed by atoms with Crippen molar-refractivity contribution < 1.29 is 9.47 Å². The number of aromatic nitrogens is 2. The molecule has 21 heavy (non-hydrogen) atoms. The fourth-order valence-corrected chi connectivity index (χ4v) is 2.85. The van der Waals surface area contributed by atoms with E-state index in [1.165, 1.54) is 0 Å². The van der Waals surface area contributed by atoms with Gasteiger partial charge in [-0.1, -0.05) is 18.2 Å². The molecule has 108 valence electrons. The summed E-state index contributed by atoms with van der Waals surface area (Å²) < 4.78 is 13.2. The van der Waals surface area contributed by atoms with Gasteiger partial charge in [-0.05, 0) is 23.6 Å². The van der Waals surface area contributed by atoms with Crippen LogP contribution >= 0.6 is 11.3 Å². The molecule has 0 saturated carbocycles. The lowest BCUT2D eigenvalue weighted by Crippen LogP contribution is -2.09. The summed E-state index contributed by atoms with van der Waals surface area (Å²) in [6.07, 6.45) is 3.79. The molecule has 0 aliphatic carbocycles. The van der Waals surface area contributed by atoms with Gasteiger partial charge in [0.05, 0.1) is 18.5 Å². The Balaban J connectivity index is 1.65. The molecule has 2 heterocycles. The first kappa shape index (κ1) is 13.7. The molecule has 5 heteroatoms. The SMILES string of the molecule is COc1ccccc1OCCn1ccnc1-c1cccs1. The first-order valence-corrected chi connectivity index (χ1v) is 7.57. The number of rotatable bonds is 6. The number of hydrogen-bond donors (Lipinski definition) is 0. The maximum atomic E-state index is 5.80. The van der Waals surface area contributed by atoms with Crippen LogP contribution in [0.15, 0.2) is 54.2 Å². The minimum atomic E-state index is 0.565. The second-order valence-electron chi connectivity index (χ2n) is 4.42. The van der Waals surface area contributed by atoms with Gasteiger partial charge >= 0.3 is 0 Å². The van der Waals surface area contributed by atoms with Crippen LogP contribution in [0, 0.1) is 0 Å². The summed E-state index contributed by atoms with van der Waals surface area (Å²) in [7, 11) is 1.65. The van der Waals surface area contributed by atoms with Gasteiger partial charge in [-0.2, -0.15) is 0 Å². The Morgan fingerprint density at radius 3 is 2.76 bits per heavy atom. The molecule has 0 spiro atoms. The maximum absolute atomic E-state index is 5.80. The summed E-state index contributed by atoms with van der Waals surface area (Å²) in [5, 5.41) is 2.06.